The minimum absolute atomic E-state index is 0.00999. The van der Waals surface area contributed by atoms with Crippen LogP contribution in [0.5, 0.6) is 0 Å². The highest BCUT2D eigenvalue weighted by molar-refractivity contribution is 5.01. The van der Waals surface area contributed by atoms with Gasteiger partial charge >= 0.3 is 0 Å². The minimum Gasteiger partial charge on any atom is -0.376 e. The van der Waals surface area contributed by atoms with Crippen LogP contribution in [0.2, 0.25) is 0 Å². The Morgan fingerprint density at radius 1 is 1.28 bits per heavy atom. The van der Waals surface area contributed by atoms with E-state index in [2.05, 4.69) is 29.4 Å². The lowest BCUT2D eigenvalue weighted by Crippen LogP contribution is -2.32. The summed E-state index contributed by atoms with van der Waals surface area (Å²) in [5, 5.41) is 11.9. The average Bonchev–Trinajstić information content (AvgIpc) is 3.03. The highest BCUT2D eigenvalue weighted by Gasteiger charge is 2.49. The number of methoxy groups -OCH3 is 1. The second kappa shape index (κ2) is 4.56. The first-order valence-corrected chi connectivity index (χ1v) is 6.26. The first kappa shape index (κ1) is 12.0. The molecule has 0 spiro atoms. The molecule has 2 fully saturated rings. The van der Waals surface area contributed by atoms with Gasteiger partial charge in [0.1, 0.15) is 24.4 Å². The summed E-state index contributed by atoms with van der Waals surface area (Å²) in [6, 6.07) is 0.0440. The molecule has 4 unspecified atom stereocenters. The first-order valence-electron chi connectivity index (χ1n) is 6.26. The van der Waals surface area contributed by atoms with Crippen LogP contribution in [0.25, 0.3) is 0 Å². The van der Waals surface area contributed by atoms with Gasteiger partial charge < -0.3 is 14.2 Å². The van der Waals surface area contributed by atoms with Gasteiger partial charge in [0.2, 0.25) is 0 Å². The van der Waals surface area contributed by atoms with Crippen LogP contribution in [0.1, 0.15) is 31.6 Å². The number of hydrogen-bond acceptors (Lipinski definition) is 6. The number of ether oxygens (including phenoxy) is 3. The molecular weight excluding hydrogens is 236 g/mol. The van der Waals surface area contributed by atoms with Crippen LogP contribution >= 0.6 is 0 Å². The summed E-state index contributed by atoms with van der Waals surface area (Å²) in [6.45, 7) is 5.29. The normalized spacial score (nSPS) is 35.3. The van der Waals surface area contributed by atoms with Crippen molar-refractivity contribution in [3.63, 3.8) is 0 Å². The van der Waals surface area contributed by atoms with Crippen molar-refractivity contribution in [2.45, 2.75) is 44.1 Å². The molecule has 0 aromatic carbocycles. The standard InChI is InChI=1S/C11H18N4O3/c1-6(2)11-12-13-14-15(11)7-4-17-10-8(16-3)5-18-9(7)10/h6-10H,4-5H2,1-3H3. The second-order valence-corrected chi connectivity index (χ2v) is 5.07. The zero-order chi connectivity index (χ0) is 12.7. The lowest BCUT2D eigenvalue weighted by Gasteiger charge is -2.18. The van der Waals surface area contributed by atoms with Gasteiger partial charge in [-0.2, -0.15) is 0 Å². The third-order valence-electron chi connectivity index (χ3n) is 3.63. The van der Waals surface area contributed by atoms with Crippen molar-refractivity contribution < 1.29 is 14.2 Å². The highest BCUT2D eigenvalue weighted by atomic mass is 16.6. The molecule has 18 heavy (non-hydrogen) atoms. The molecule has 7 nitrogen and oxygen atoms in total. The van der Waals surface area contributed by atoms with Gasteiger partial charge in [-0.1, -0.05) is 13.8 Å². The van der Waals surface area contributed by atoms with Crippen molar-refractivity contribution in [1.29, 1.82) is 0 Å². The summed E-state index contributed by atoms with van der Waals surface area (Å²) in [6.07, 6.45) is -0.0147. The minimum atomic E-state index is -0.0176. The summed E-state index contributed by atoms with van der Waals surface area (Å²) in [5.74, 6) is 1.15. The van der Waals surface area contributed by atoms with Gasteiger partial charge in [-0.25, -0.2) is 4.68 Å². The first-order chi connectivity index (χ1) is 8.72. The quantitative estimate of drug-likeness (QED) is 0.764. The Bertz CT molecular complexity index is 422. The molecule has 0 aliphatic carbocycles. The van der Waals surface area contributed by atoms with Crippen LogP contribution < -0.4 is 0 Å². The molecule has 4 atom stereocenters. The second-order valence-electron chi connectivity index (χ2n) is 5.07. The van der Waals surface area contributed by atoms with Crippen LogP contribution in [0.4, 0.5) is 0 Å². The fraction of sp³-hybridized carbons (Fsp3) is 0.909. The fourth-order valence-corrected chi connectivity index (χ4v) is 2.67. The van der Waals surface area contributed by atoms with E-state index in [1.165, 1.54) is 0 Å². The Kier molecular flexibility index (Phi) is 3.04. The maximum atomic E-state index is 5.79. The van der Waals surface area contributed by atoms with Crippen molar-refractivity contribution >= 4 is 0 Å². The number of nitrogens with zero attached hydrogens (tertiary/aromatic N) is 4. The number of aromatic nitrogens is 4. The van der Waals surface area contributed by atoms with Gasteiger partial charge in [-0.15, -0.1) is 5.10 Å². The number of hydrogen-bond donors (Lipinski definition) is 0. The SMILES string of the molecule is COC1COC2C1OCC2n1nnnc1C(C)C. The van der Waals surface area contributed by atoms with E-state index < -0.39 is 0 Å². The summed E-state index contributed by atoms with van der Waals surface area (Å²) in [5.41, 5.74) is 0. The molecule has 1 aromatic heterocycles. The van der Waals surface area contributed by atoms with E-state index in [4.69, 9.17) is 14.2 Å². The fourth-order valence-electron chi connectivity index (χ4n) is 2.67. The highest BCUT2D eigenvalue weighted by Crippen LogP contribution is 2.35. The Hall–Kier alpha value is -1.05. The molecular formula is C11H18N4O3. The van der Waals surface area contributed by atoms with E-state index in [1.807, 2.05) is 4.68 Å². The van der Waals surface area contributed by atoms with Crippen molar-refractivity contribution in [3.05, 3.63) is 5.82 Å². The largest absolute Gasteiger partial charge is 0.376 e. The molecule has 2 saturated heterocycles. The summed E-state index contributed by atoms with van der Waals surface area (Å²) < 4.78 is 18.8. The van der Waals surface area contributed by atoms with Crippen LogP contribution in [0.15, 0.2) is 0 Å². The van der Waals surface area contributed by atoms with Gasteiger partial charge in [0.25, 0.3) is 0 Å². The lowest BCUT2D eigenvalue weighted by molar-refractivity contribution is -0.00917. The van der Waals surface area contributed by atoms with Crippen LogP contribution in [-0.2, 0) is 14.2 Å². The Labute approximate surface area is 105 Å². The predicted octanol–water partition coefficient (Wildman–Crippen LogP) is 0.150. The Morgan fingerprint density at radius 2 is 2.06 bits per heavy atom. The van der Waals surface area contributed by atoms with Gasteiger partial charge in [0.15, 0.2) is 5.82 Å². The van der Waals surface area contributed by atoms with Crippen LogP contribution in [0.3, 0.4) is 0 Å². The molecule has 3 heterocycles. The molecule has 3 rings (SSSR count). The topological polar surface area (TPSA) is 71.3 Å². The number of tetrazole rings is 1. The summed E-state index contributed by atoms with van der Waals surface area (Å²) in [7, 11) is 1.68. The van der Waals surface area contributed by atoms with E-state index in [-0.39, 0.29) is 30.3 Å². The van der Waals surface area contributed by atoms with Crippen molar-refractivity contribution in [2.75, 3.05) is 20.3 Å². The molecule has 0 radical (unpaired) electrons. The van der Waals surface area contributed by atoms with E-state index >= 15 is 0 Å². The maximum Gasteiger partial charge on any atom is 0.154 e. The zero-order valence-electron chi connectivity index (χ0n) is 10.8. The molecule has 0 saturated carbocycles. The van der Waals surface area contributed by atoms with E-state index in [0.717, 1.165) is 5.82 Å². The van der Waals surface area contributed by atoms with Crippen LogP contribution in [0, 0.1) is 0 Å². The van der Waals surface area contributed by atoms with Crippen LogP contribution in [-0.4, -0.2) is 58.8 Å². The van der Waals surface area contributed by atoms with E-state index in [0.29, 0.717) is 13.2 Å². The molecule has 100 valence electrons. The maximum absolute atomic E-state index is 5.79. The lowest BCUT2D eigenvalue weighted by atomic mass is 10.1. The summed E-state index contributed by atoms with van der Waals surface area (Å²) in [4.78, 5) is 0. The average molecular weight is 254 g/mol. The third kappa shape index (κ3) is 1.73. The molecule has 0 amide bonds. The number of fused-ring (bicyclic) bond motifs is 1. The van der Waals surface area contributed by atoms with Crippen molar-refractivity contribution in [1.82, 2.24) is 20.2 Å². The monoisotopic (exact) mass is 254 g/mol. The third-order valence-corrected chi connectivity index (χ3v) is 3.63. The molecule has 1 aromatic rings. The van der Waals surface area contributed by atoms with Crippen molar-refractivity contribution in [2.24, 2.45) is 0 Å². The Morgan fingerprint density at radius 3 is 2.78 bits per heavy atom. The Balaban J connectivity index is 1.84. The molecule has 2 aliphatic rings. The van der Waals surface area contributed by atoms with Gasteiger partial charge in [-0.3, -0.25) is 0 Å². The van der Waals surface area contributed by atoms with Gasteiger partial charge in [-0.05, 0) is 10.4 Å². The summed E-state index contributed by atoms with van der Waals surface area (Å²) >= 11 is 0. The molecule has 2 aliphatic heterocycles. The van der Waals surface area contributed by atoms with Gasteiger partial charge in [0, 0.05) is 13.0 Å². The van der Waals surface area contributed by atoms with Gasteiger partial charge in [0.05, 0.1) is 13.2 Å². The zero-order valence-corrected chi connectivity index (χ0v) is 10.8. The van der Waals surface area contributed by atoms with Crippen molar-refractivity contribution in [3.8, 4) is 0 Å². The molecule has 0 N–H and O–H groups in total. The smallest absolute Gasteiger partial charge is 0.154 e. The molecule has 7 heteroatoms. The predicted molar refractivity (Wildman–Crippen MR) is 61.2 cm³/mol. The molecule has 0 bridgehead atoms. The number of rotatable bonds is 3. The van der Waals surface area contributed by atoms with E-state index in [1.54, 1.807) is 7.11 Å². The van der Waals surface area contributed by atoms with E-state index in [9.17, 15) is 0 Å².